The molecule has 0 fully saturated rings. The lowest BCUT2D eigenvalue weighted by atomic mass is 9.97. The Labute approximate surface area is 167 Å². The van der Waals surface area contributed by atoms with Crippen molar-refractivity contribution in [2.75, 3.05) is 6.54 Å². The Morgan fingerprint density at radius 3 is 1.82 bits per heavy atom. The maximum atomic E-state index is 12.4. The van der Waals surface area contributed by atoms with Crippen molar-refractivity contribution < 1.29 is 24.3 Å². The molecule has 6 N–H and O–H groups in total. The number of aliphatic carboxylic acids is 1. The van der Waals surface area contributed by atoms with Gasteiger partial charge < -0.3 is 26.8 Å². The monoisotopic (exact) mass is 400 g/mol. The molecule has 28 heavy (non-hydrogen) atoms. The van der Waals surface area contributed by atoms with E-state index in [1.165, 1.54) is 0 Å². The zero-order chi connectivity index (χ0) is 22.0. The number of rotatable bonds is 12. The van der Waals surface area contributed by atoms with E-state index in [0.29, 0.717) is 6.42 Å². The van der Waals surface area contributed by atoms with Crippen molar-refractivity contribution in [3.8, 4) is 0 Å². The molecule has 0 aromatic carbocycles. The molecule has 0 heterocycles. The molecule has 0 aliphatic heterocycles. The highest BCUT2D eigenvalue weighted by Crippen LogP contribution is 2.09. The molecule has 0 aliphatic carbocycles. The Morgan fingerprint density at radius 1 is 0.857 bits per heavy atom. The first kappa shape index (κ1) is 25.8. The molecule has 9 heteroatoms. The van der Waals surface area contributed by atoms with E-state index < -0.39 is 41.8 Å². The van der Waals surface area contributed by atoms with Crippen molar-refractivity contribution in [3.63, 3.8) is 0 Å². The highest BCUT2D eigenvalue weighted by atomic mass is 16.4. The summed E-state index contributed by atoms with van der Waals surface area (Å²) in [5.74, 6) is -3.17. The molecule has 5 atom stereocenters. The van der Waals surface area contributed by atoms with Crippen LogP contribution in [-0.2, 0) is 19.2 Å². The second kappa shape index (κ2) is 12.3. The molecule has 3 amide bonds. The first-order chi connectivity index (χ1) is 13.0. The van der Waals surface area contributed by atoms with Gasteiger partial charge in [0.1, 0.15) is 12.1 Å². The first-order valence-electron chi connectivity index (χ1n) is 9.81. The van der Waals surface area contributed by atoms with E-state index in [0.717, 1.165) is 6.42 Å². The second-order valence-corrected chi connectivity index (χ2v) is 7.63. The average molecular weight is 401 g/mol. The molecule has 0 spiro atoms. The summed E-state index contributed by atoms with van der Waals surface area (Å²) >= 11 is 0. The number of carboxylic acid groups (broad SMARTS) is 1. The Morgan fingerprint density at radius 2 is 1.39 bits per heavy atom. The molecule has 9 nitrogen and oxygen atoms in total. The van der Waals surface area contributed by atoms with Gasteiger partial charge in [-0.2, -0.15) is 0 Å². The van der Waals surface area contributed by atoms with Crippen LogP contribution >= 0.6 is 0 Å². The van der Waals surface area contributed by atoms with Crippen molar-refractivity contribution in [1.82, 2.24) is 16.0 Å². The van der Waals surface area contributed by atoms with Crippen molar-refractivity contribution in [3.05, 3.63) is 0 Å². The number of hydrogen-bond acceptors (Lipinski definition) is 5. The lowest BCUT2D eigenvalue weighted by molar-refractivity contribution is -0.143. The lowest BCUT2D eigenvalue weighted by Gasteiger charge is -2.25. The minimum Gasteiger partial charge on any atom is -0.480 e. The number of amides is 3. The van der Waals surface area contributed by atoms with Crippen LogP contribution in [0.3, 0.4) is 0 Å². The average Bonchev–Trinajstić information content (AvgIpc) is 2.65. The molecule has 0 rings (SSSR count). The van der Waals surface area contributed by atoms with Crippen LogP contribution in [0.15, 0.2) is 0 Å². The zero-order valence-electron chi connectivity index (χ0n) is 17.7. The van der Waals surface area contributed by atoms with Crippen LogP contribution in [0.5, 0.6) is 0 Å². The summed E-state index contributed by atoms with van der Waals surface area (Å²) in [4.78, 5) is 48.0. The van der Waals surface area contributed by atoms with Gasteiger partial charge in [0.2, 0.25) is 17.7 Å². The fourth-order valence-corrected chi connectivity index (χ4v) is 2.48. The maximum absolute atomic E-state index is 12.4. The molecule has 0 saturated heterocycles. The highest BCUT2D eigenvalue weighted by Gasteiger charge is 2.29. The number of nitrogens with one attached hydrogen (secondary N) is 3. The lowest BCUT2D eigenvalue weighted by Crippen LogP contribution is -2.56. The summed E-state index contributed by atoms with van der Waals surface area (Å²) in [7, 11) is 0. The molecular formula is C19H36N4O5. The van der Waals surface area contributed by atoms with E-state index in [1.807, 2.05) is 20.8 Å². The summed E-state index contributed by atoms with van der Waals surface area (Å²) in [5, 5.41) is 16.7. The van der Waals surface area contributed by atoms with Gasteiger partial charge in [0.05, 0.1) is 12.6 Å². The SMILES string of the molecule is CCC(C)C(N)C(=O)NC(C(=O)NCC(=O)NC(C(=O)O)C(C)CC)C(C)C. The van der Waals surface area contributed by atoms with Gasteiger partial charge in [-0.3, -0.25) is 14.4 Å². The fourth-order valence-electron chi connectivity index (χ4n) is 2.48. The van der Waals surface area contributed by atoms with Gasteiger partial charge in [-0.05, 0) is 17.8 Å². The summed E-state index contributed by atoms with van der Waals surface area (Å²) < 4.78 is 0. The number of carbonyl (C=O) groups is 4. The third kappa shape index (κ3) is 8.24. The summed E-state index contributed by atoms with van der Waals surface area (Å²) in [6, 6.07) is -2.60. The maximum Gasteiger partial charge on any atom is 0.326 e. The number of carboxylic acids is 1. The van der Waals surface area contributed by atoms with Crippen molar-refractivity contribution in [2.45, 2.75) is 72.5 Å². The van der Waals surface area contributed by atoms with Crippen LogP contribution in [0.25, 0.3) is 0 Å². The number of carbonyl (C=O) groups excluding carboxylic acids is 3. The van der Waals surface area contributed by atoms with Crippen LogP contribution in [-0.4, -0.2) is 53.5 Å². The molecular weight excluding hydrogens is 364 g/mol. The Hall–Kier alpha value is -2.16. The molecule has 0 bridgehead atoms. The normalized spacial score (nSPS) is 16.4. The Bertz CT molecular complexity index is 552. The van der Waals surface area contributed by atoms with Crippen LogP contribution in [0.1, 0.15) is 54.4 Å². The smallest absolute Gasteiger partial charge is 0.326 e. The molecule has 0 aromatic heterocycles. The van der Waals surface area contributed by atoms with Crippen LogP contribution < -0.4 is 21.7 Å². The number of hydrogen-bond donors (Lipinski definition) is 5. The third-order valence-electron chi connectivity index (χ3n) is 5.03. The van der Waals surface area contributed by atoms with Gasteiger partial charge >= 0.3 is 5.97 Å². The van der Waals surface area contributed by atoms with Crippen molar-refractivity contribution >= 4 is 23.7 Å². The summed E-state index contributed by atoms with van der Waals surface area (Å²) in [6.07, 6.45) is 1.32. The highest BCUT2D eigenvalue weighted by molar-refractivity contribution is 5.92. The Balaban J connectivity index is 4.83. The summed E-state index contributed by atoms with van der Waals surface area (Å²) in [6.45, 7) is 10.5. The molecule has 0 aromatic rings. The molecule has 5 unspecified atom stereocenters. The van der Waals surface area contributed by atoms with Crippen LogP contribution in [0.2, 0.25) is 0 Å². The van der Waals surface area contributed by atoms with Crippen LogP contribution in [0, 0.1) is 17.8 Å². The van der Waals surface area contributed by atoms with Gasteiger partial charge in [-0.15, -0.1) is 0 Å². The molecule has 0 saturated carbocycles. The van der Waals surface area contributed by atoms with Crippen LogP contribution in [0.4, 0.5) is 0 Å². The van der Waals surface area contributed by atoms with E-state index in [2.05, 4.69) is 16.0 Å². The van der Waals surface area contributed by atoms with Gasteiger partial charge in [0.25, 0.3) is 0 Å². The fraction of sp³-hybridized carbons (Fsp3) is 0.789. The van der Waals surface area contributed by atoms with E-state index in [-0.39, 0.29) is 24.3 Å². The second-order valence-electron chi connectivity index (χ2n) is 7.63. The summed E-state index contributed by atoms with van der Waals surface area (Å²) in [5.41, 5.74) is 5.90. The first-order valence-corrected chi connectivity index (χ1v) is 9.81. The Kier molecular flexibility index (Phi) is 11.4. The molecule has 0 radical (unpaired) electrons. The van der Waals surface area contributed by atoms with E-state index in [4.69, 9.17) is 5.73 Å². The topological polar surface area (TPSA) is 151 Å². The minimum absolute atomic E-state index is 0.0323. The minimum atomic E-state index is -1.12. The van der Waals surface area contributed by atoms with Gasteiger partial charge in [-0.25, -0.2) is 4.79 Å². The number of nitrogens with two attached hydrogens (primary N) is 1. The third-order valence-corrected chi connectivity index (χ3v) is 5.03. The standard InChI is InChI=1S/C19H36N4O5/c1-7-11(5)14(20)17(25)23-15(10(3)4)18(26)21-9-13(24)22-16(19(27)28)12(6)8-2/h10-12,14-16H,7-9,20H2,1-6H3,(H,21,26)(H,22,24)(H,23,25)(H,27,28). The van der Waals surface area contributed by atoms with Crippen molar-refractivity contribution in [2.24, 2.45) is 23.5 Å². The quantitative estimate of drug-likeness (QED) is 0.316. The zero-order valence-corrected chi connectivity index (χ0v) is 17.7. The van der Waals surface area contributed by atoms with Gasteiger partial charge in [-0.1, -0.05) is 54.4 Å². The van der Waals surface area contributed by atoms with E-state index in [1.54, 1.807) is 20.8 Å². The molecule has 0 aliphatic rings. The van der Waals surface area contributed by atoms with Gasteiger partial charge in [0, 0.05) is 0 Å². The van der Waals surface area contributed by atoms with Gasteiger partial charge in [0.15, 0.2) is 0 Å². The largest absolute Gasteiger partial charge is 0.480 e. The van der Waals surface area contributed by atoms with E-state index in [9.17, 15) is 24.3 Å². The predicted molar refractivity (Wildman–Crippen MR) is 106 cm³/mol. The molecule has 162 valence electrons. The predicted octanol–water partition coefficient (Wildman–Crippen LogP) is 0.232. The van der Waals surface area contributed by atoms with E-state index >= 15 is 0 Å². The van der Waals surface area contributed by atoms with Crippen molar-refractivity contribution in [1.29, 1.82) is 0 Å².